The molecule has 1 aliphatic rings. The molecule has 1 aromatic carbocycles. The maximum Gasteiger partial charge on any atom is 0.272 e. The lowest BCUT2D eigenvalue weighted by molar-refractivity contribution is -0.114. The summed E-state index contributed by atoms with van der Waals surface area (Å²) in [7, 11) is 0. The highest BCUT2D eigenvalue weighted by atomic mass is 16.2. The number of hydrogen-bond acceptors (Lipinski definition) is 4. The van der Waals surface area contributed by atoms with E-state index in [1.165, 1.54) is 19.2 Å². The molecule has 0 saturated carbocycles. The van der Waals surface area contributed by atoms with E-state index in [0.29, 0.717) is 35.9 Å². The standard InChI is InChI=1S/C21H24N4O3/c1-14-7-10-25(11-8-14)21(28)19-12-16(6-9-22-19)20(27)24-18-5-3-4-17(13-18)23-15(2)26/h3-6,9,12-14H,7-8,10-11H2,1-2H3,(H,23,26)(H,24,27). The summed E-state index contributed by atoms with van der Waals surface area (Å²) >= 11 is 0. The molecule has 0 aliphatic carbocycles. The topological polar surface area (TPSA) is 91.4 Å². The predicted molar refractivity (Wildman–Crippen MR) is 107 cm³/mol. The Morgan fingerprint density at radius 2 is 1.71 bits per heavy atom. The first-order valence-electron chi connectivity index (χ1n) is 9.36. The van der Waals surface area contributed by atoms with Gasteiger partial charge in [0.05, 0.1) is 0 Å². The normalized spacial score (nSPS) is 14.4. The minimum absolute atomic E-state index is 0.144. The maximum atomic E-state index is 12.7. The highest BCUT2D eigenvalue weighted by Gasteiger charge is 2.23. The first-order valence-corrected chi connectivity index (χ1v) is 9.36. The zero-order chi connectivity index (χ0) is 20.1. The average Bonchev–Trinajstić information content (AvgIpc) is 2.68. The molecule has 28 heavy (non-hydrogen) atoms. The van der Waals surface area contributed by atoms with E-state index in [2.05, 4.69) is 22.5 Å². The number of carbonyl (C=O) groups excluding carboxylic acids is 3. The van der Waals surface area contributed by atoms with Crippen LogP contribution in [0.4, 0.5) is 11.4 Å². The van der Waals surface area contributed by atoms with E-state index in [4.69, 9.17) is 0 Å². The van der Waals surface area contributed by atoms with E-state index >= 15 is 0 Å². The van der Waals surface area contributed by atoms with Gasteiger partial charge in [0.15, 0.2) is 0 Å². The Morgan fingerprint density at radius 1 is 1.04 bits per heavy atom. The molecule has 7 heteroatoms. The van der Waals surface area contributed by atoms with Crippen LogP contribution in [0, 0.1) is 5.92 Å². The van der Waals surface area contributed by atoms with Crippen molar-refractivity contribution in [2.75, 3.05) is 23.7 Å². The number of amides is 3. The summed E-state index contributed by atoms with van der Waals surface area (Å²) in [6, 6.07) is 9.96. The molecule has 3 amide bonds. The quantitative estimate of drug-likeness (QED) is 0.852. The Labute approximate surface area is 164 Å². The fraction of sp³-hybridized carbons (Fsp3) is 0.333. The molecule has 2 heterocycles. The minimum Gasteiger partial charge on any atom is -0.337 e. The second-order valence-corrected chi connectivity index (χ2v) is 7.12. The summed E-state index contributed by atoms with van der Waals surface area (Å²) in [5.74, 6) is -0.0480. The van der Waals surface area contributed by atoms with E-state index in [1.54, 1.807) is 35.2 Å². The molecule has 3 rings (SSSR count). The van der Waals surface area contributed by atoms with E-state index in [9.17, 15) is 14.4 Å². The highest BCUT2D eigenvalue weighted by Crippen LogP contribution is 2.19. The van der Waals surface area contributed by atoms with Crippen LogP contribution in [0.25, 0.3) is 0 Å². The number of piperidine rings is 1. The summed E-state index contributed by atoms with van der Waals surface area (Å²) in [5, 5.41) is 5.45. The molecule has 0 radical (unpaired) electrons. The lowest BCUT2D eigenvalue weighted by Crippen LogP contribution is -2.38. The average molecular weight is 380 g/mol. The zero-order valence-corrected chi connectivity index (χ0v) is 16.1. The van der Waals surface area contributed by atoms with Crippen molar-refractivity contribution in [3.8, 4) is 0 Å². The van der Waals surface area contributed by atoms with E-state index in [0.717, 1.165) is 12.8 Å². The van der Waals surface area contributed by atoms with Crippen LogP contribution in [-0.4, -0.2) is 40.7 Å². The lowest BCUT2D eigenvalue weighted by atomic mass is 9.99. The van der Waals surface area contributed by atoms with Gasteiger partial charge in [-0.05, 0) is 49.1 Å². The van der Waals surface area contributed by atoms with Crippen LogP contribution in [0.5, 0.6) is 0 Å². The molecule has 2 aromatic rings. The number of benzene rings is 1. The van der Waals surface area contributed by atoms with Crippen LogP contribution in [0.1, 0.15) is 47.5 Å². The van der Waals surface area contributed by atoms with E-state index in [-0.39, 0.29) is 23.4 Å². The van der Waals surface area contributed by atoms with E-state index in [1.807, 2.05) is 0 Å². The van der Waals surface area contributed by atoms with Gasteiger partial charge in [-0.2, -0.15) is 0 Å². The van der Waals surface area contributed by atoms with Gasteiger partial charge in [-0.15, -0.1) is 0 Å². The van der Waals surface area contributed by atoms with Crippen molar-refractivity contribution < 1.29 is 14.4 Å². The third-order valence-corrected chi connectivity index (χ3v) is 4.75. The van der Waals surface area contributed by atoms with Crippen molar-refractivity contribution in [1.82, 2.24) is 9.88 Å². The molecule has 2 N–H and O–H groups in total. The van der Waals surface area contributed by atoms with Gasteiger partial charge in [-0.1, -0.05) is 13.0 Å². The largest absolute Gasteiger partial charge is 0.337 e. The number of nitrogens with one attached hydrogen (secondary N) is 2. The van der Waals surface area contributed by atoms with Crippen molar-refractivity contribution in [2.24, 2.45) is 5.92 Å². The third kappa shape index (κ3) is 4.94. The first kappa shape index (κ1) is 19.5. The second-order valence-electron chi connectivity index (χ2n) is 7.12. The summed E-state index contributed by atoms with van der Waals surface area (Å²) < 4.78 is 0. The number of aromatic nitrogens is 1. The molecule has 0 atom stereocenters. The number of nitrogens with zero attached hydrogens (tertiary/aromatic N) is 2. The summed E-state index contributed by atoms with van der Waals surface area (Å²) in [6.07, 6.45) is 3.44. The lowest BCUT2D eigenvalue weighted by Gasteiger charge is -2.30. The number of hydrogen-bond donors (Lipinski definition) is 2. The molecule has 7 nitrogen and oxygen atoms in total. The number of anilines is 2. The van der Waals surface area contributed by atoms with Gasteiger partial charge in [-0.25, -0.2) is 0 Å². The molecule has 0 spiro atoms. The molecule has 1 aromatic heterocycles. The molecule has 0 unspecified atom stereocenters. The highest BCUT2D eigenvalue weighted by molar-refractivity contribution is 6.06. The Balaban J connectivity index is 1.70. The van der Waals surface area contributed by atoms with Crippen LogP contribution in [0.3, 0.4) is 0 Å². The minimum atomic E-state index is -0.344. The molecule has 0 bridgehead atoms. The summed E-state index contributed by atoms with van der Waals surface area (Å²) in [6.45, 7) is 5.04. The third-order valence-electron chi connectivity index (χ3n) is 4.75. The zero-order valence-electron chi connectivity index (χ0n) is 16.1. The van der Waals surface area contributed by atoms with E-state index < -0.39 is 0 Å². The Bertz CT molecular complexity index is 889. The molecule has 1 saturated heterocycles. The molecule has 146 valence electrons. The van der Waals surface area contributed by atoms with Crippen molar-refractivity contribution >= 4 is 29.1 Å². The molecular formula is C21H24N4O3. The maximum absolute atomic E-state index is 12.7. The second kappa shape index (κ2) is 8.65. The number of rotatable bonds is 4. The molecule has 1 aliphatic heterocycles. The fourth-order valence-corrected chi connectivity index (χ4v) is 3.14. The van der Waals surface area contributed by atoms with Crippen molar-refractivity contribution in [2.45, 2.75) is 26.7 Å². The number of pyridine rings is 1. The number of carbonyl (C=O) groups is 3. The van der Waals surface area contributed by atoms with Gasteiger partial charge >= 0.3 is 0 Å². The van der Waals surface area contributed by atoms with Crippen molar-refractivity contribution in [3.63, 3.8) is 0 Å². The molecular weight excluding hydrogens is 356 g/mol. The predicted octanol–water partition coefficient (Wildman–Crippen LogP) is 3.16. The van der Waals surface area contributed by atoms with Crippen molar-refractivity contribution in [3.05, 3.63) is 53.9 Å². The van der Waals surface area contributed by atoms with Crippen LogP contribution in [0.15, 0.2) is 42.6 Å². The Morgan fingerprint density at radius 3 is 2.39 bits per heavy atom. The van der Waals surface area contributed by atoms with Crippen LogP contribution >= 0.6 is 0 Å². The fourth-order valence-electron chi connectivity index (χ4n) is 3.14. The monoisotopic (exact) mass is 380 g/mol. The van der Waals surface area contributed by atoms with Gasteiger partial charge in [0.2, 0.25) is 5.91 Å². The Hall–Kier alpha value is -3.22. The van der Waals surface area contributed by atoms with Crippen LogP contribution in [-0.2, 0) is 4.79 Å². The molecule has 1 fully saturated rings. The van der Waals surface area contributed by atoms with Crippen LogP contribution in [0.2, 0.25) is 0 Å². The van der Waals surface area contributed by atoms with Gasteiger partial charge in [0.25, 0.3) is 11.8 Å². The van der Waals surface area contributed by atoms with Gasteiger partial charge in [0.1, 0.15) is 5.69 Å². The number of likely N-dealkylation sites (tertiary alicyclic amines) is 1. The Kier molecular flexibility index (Phi) is 6.03. The van der Waals surface area contributed by atoms with Gasteiger partial charge < -0.3 is 15.5 Å². The summed E-state index contributed by atoms with van der Waals surface area (Å²) in [4.78, 5) is 42.4. The summed E-state index contributed by atoms with van der Waals surface area (Å²) in [5.41, 5.74) is 1.77. The SMILES string of the molecule is CC(=O)Nc1cccc(NC(=O)c2ccnc(C(=O)N3CCC(C)CC3)c2)c1. The van der Waals surface area contributed by atoms with Gasteiger partial charge in [0, 0.05) is 43.1 Å². The first-order chi connectivity index (χ1) is 13.4. The smallest absolute Gasteiger partial charge is 0.272 e. The van der Waals surface area contributed by atoms with Gasteiger partial charge in [-0.3, -0.25) is 19.4 Å². The van der Waals surface area contributed by atoms with Crippen molar-refractivity contribution in [1.29, 1.82) is 0 Å². The van der Waals surface area contributed by atoms with Crippen LogP contribution < -0.4 is 10.6 Å².